The summed E-state index contributed by atoms with van der Waals surface area (Å²) < 4.78 is 11.3. The zero-order chi connectivity index (χ0) is 20.1. The highest BCUT2D eigenvalue weighted by atomic mass is 16.5. The average Bonchev–Trinajstić information content (AvgIpc) is 2.79. The van der Waals surface area contributed by atoms with E-state index in [0.717, 1.165) is 5.56 Å². The molecule has 4 rings (SSSR count). The van der Waals surface area contributed by atoms with E-state index in [9.17, 15) is 9.90 Å². The highest BCUT2D eigenvalue weighted by Gasteiger charge is 2.42. The Kier molecular flexibility index (Phi) is 5.48. The maximum Gasteiger partial charge on any atom is 0.357 e. The molecule has 2 N–H and O–H groups in total. The summed E-state index contributed by atoms with van der Waals surface area (Å²) in [7, 11) is 0. The maximum absolute atomic E-state index is 12.3. The SMILES string of the molecule is O=C(O)C1(c2cccc(OCc3ccccc3)c2)N=C(N2CCOCC2)C=CN1. The second kappa shape index (κ2) is 8.36. The number of carbonyl (C=O) groups is 1. The van der Waals surface area contributed by atoms with Gasteiger partial charge in [0.1, 0.15) is 18.2 Å². The average molecular weight is 393 g/mol. The minimum Gasteiger partial charge on any atom is -0.489 e. The molecular weight excluding hydrogens is 370 g/mol. The van der Waals surface area contributed by atoms with Gasteiger partial charge in [-0.2, -0.15) is 0 Å². The molecule has 150 valence electrons. The van der Waals surface area contributed by atoms with Crippen LogP contribution in [0.4, 0.5) is 0 Å². The molecule has 1 unspecified atom stereocenters. The van der Waals surface area contributed by atoms with E-state index in [4.69, 9.17) is 9.47 Å². The molecule has 0 bridgehead atoms. The number of morpholine rings is 1. The van der Waals surface area contributed by atoms with Crippen LogP contribution in [-0.4, -0.2) is 48.1 Å². The lowest BCUT2D eigenvalue weighted by Gasteiger charge is -2.35. The Morgan fingerprint density at radius 2 is 1.97 bits per heavy atom. The van der Waals surface area contributed by atoms with Crippen molar-refractivity contribution < 1.29 is 19.4 Å². The van der Waals surface area contributed by atoms with Gasteiger partial charge in [-0.1, -0.05) is 42.5 Å². The smallest absolute Gasteiger partial charge is 0.357 e. The summed E-state index contributed by atoms with van der Waals surface area (Å²) in [6.45, 7) is 2.96. The third-order valence-corrected chi connectivity index (χ3v) is 4.95. The van der Waals surface area contributed by atoms with Gasteiger partial charge >= 0.3 is 5.97 Å². The van der Waals surface area contributed by atoms with Crippen LogP contribution in [0.3, 0.4) is 0 Å². The minimum absolute atomic E-state index is 0.403. The van der Waals surface area contributed by atoms with Gasteiger partial charge in [-0.15, -0.1) is 0 Å². The summed E-state index contributed by atoms with van der Waals surface area (Å²) >= 11 is 0. The Morgan fingerprint density at radius 1 is 1.17 bits per heavy atom. The molecule has 2 heterocycles. The van der Waals surface area contributed by atoms with Crippen molar-refractivity contribution in [2.75, 3.05) is 26.3 Å². The first-order chi connectivity index (χ1) is 14.2. The van der Waals surface area contributed by atoms with Crippen LogP contribution < -0.4 is 10.1 Å². The Bertz CT molecular complexity index is 923. The second-order valence-electron chi connectivity index (χ2n) is 6.86. The first-order valence-electron chi connectivity index (χ1n) is 9.55. The number of aliphatic carboxylic acids is 1. The molecule has 0 amide bonds. The number of hydrogen-bond acceptors (Lipinski definition) is 6. The predicted molar refractivity (Wildman–Crippen MR) is 109 cm³/mol. The minimum atomic E-state index is -1.60. The fourth-order valence-corrected chi connectivity index (χ4v) is 3.38. The first-order valence-corrected chi connectivity index (χ1v) is 9.55. The fraction of sp³-hybridized carbons (Fsp3) is 0.273. The maximum atomic E-state index is 12.3. The molecule has 7 heteroatoms. The van der Waals surface area contributed by atoms with Gasteiger partial charge in [0.25, 0.3) is 5.66 Å². The number of nitrogens with zero attached hydrogens (tertiary/aromatic N) is 2. The van der Waals surface area contributed by atoms with E-state index in [1.807, 2.05) is 41.3 Å². The lowest BCUT2D eigenvalue weighted by atomic mass is 9.98. The van der Waals surface area contributed by atoms with Crippen LogP contribution in [-0.2, 0) is 21.8 Å². The third-order valence-electron chi connectivity index (χ3n) is 4.95. The molecular formula is C22H23N3O4. The van der Waals surface area contributed by atoms with Gasteiger partial charge in [0, 0.05) is 24.9 Å². The highest BCUT2D eigenvalue weighted by Crippen LogP contribution is 2.30. The quantitative estimate of drug-likeness (QED) is 0.811. The number of amidine groups is 1. The second-order valence-corrected chi connectivity index (χ2v) is 6.86. The molecule has 0 aromatic heterocycles. The van der Waals surface area contributed by atoms with E-state index in [1.54, 1.807) is 30.5 Å². The Morgan fingerprint density at radius 3 is 2.72 bits per heavy atom. The van der Waals surface area contributed by atoms with Gasteiger partial charge in [0.15, 0.2) is 0 Å². The van der Waals surface area contributed by atoms with Crippen molar-refractivity contribution >= 4 is 11.8 Å². The van der Waals surface area contributed by atoms with Gasteiger partial charge in [0.2, 0.25) is 0 Å². The molecule has 29 heavy (non-hydrogen) atoms. The van der Waals surface area contributed by atoms with Crippen molar-refractivity contribution in [2.45, 2.75) is 12.3 Å². The number of aliphatic imine (C=N–C) groups is 1. The largest absolute Gasteiger partial charge is 0.489 e. The number of nitrogens with one attached hydrogen (secondary N) is 1. The number of carboxylic acid groups (broad SMARTS) is 1. The zero-order valence-electron chi connectivity index (χ0n) is 16.0. The van der Waals surface area contributed by atoms with Gasteiger partial charge in [-0.3, -0.25) is 0 Å². The lowest BCUT2D eigenvalue weighted by molar-refractivity contribution is -0.144. The summed E-state index contributed by atoms with van der Waals surface area (Å²) in [5.41, 5.74) is -0.0583. The van der Waals surface area contributed by atoms with Gasteiger partial charge in [0.05, 0.1) is 13.2 Å². The zero-order valence-corrected chi connectivity index (χ0v) is 16.0. The Balaban J connectivity index is 1.60. The molecule has 2 aliphatic heterocycles. The van der Waals surface area contributed by atoms with Crippen molar-refractivity contribution in [3.05, 3.63) is 78.0 Å². The topological polar surface area (TPSA) is 83.4 Å². The van der Waals surface area contributed by atoms with Crippen LogP contribution in [0.5, 0.6) is 5.75 Å². The number of carboxylic acids is 1. The summed E-state index contributed by atoms with van der Waals surface area (Å²) in [4.78, 5) is 18.9. The third kappa shape index (κ3) is 4.09. The Labute approximate surface area is 169 Å². The van der Waals surface area contributed by atoms with Gasteiger partial charge in [-0.05, 0) is 23.8 Å². The van der Waals surface area contributed by atoms with Gasteiger partial charge in [-0.25, -0.2) is 9.79 Å². The van der Waals surface area contributed by atoms with E-state index >= 15 is 0 Å². The standard InChI is InChI=1S/C22H23N3O4/c26-21(27)22(23-10-9-20(24-22)25-11-13-28-14-12-25)18-7-4-8-19(15-18)29-16-17-5-2-1-3-6-17/h1-10,15,23H,11-14,16H2,(H,26,27). The van der Waals surface area contributed by atoms with E-state index in [1.165, 1.54) is 0 Å². The number of ether oxygens (including phenoxy) is 2. The number of rotatable bonds is 5. The monoisotopic (exact) mass is 393 g/mol. The van der Waals surface area contributed by atoms with Crippen LogP contribution in [0.15, 0.2) is 71.9 Å². The van der Waals surface area contributed by atoms with E-state index in [2.05, 4.69) is 10.3 Å². The highest BCUT2D eigenvalue weighted by molar-refractivity contribution is 5.97. The summed E-state index contributed by atoms with van der Waals surface area (Å²) in [5.74, 6) is 0.143. The van der Waals surface area contributed by atoms with E-state index in [-0.39, 0.29) is 0 Å². The van der Waals surface area contributed by atoms with Crippen LogP contribution in [0.2, 0.25) is 0 Å². The molecule has 2 aromatic rings. The van der Waals surface area contributed by atoms with E-state index < -0.39 is 11.6 Å². The van der Waals surface area contributed by atoms with Crippen LogP contribution in [0.25, 0.3) is 0 Å². The lowest BCUT2D eigenvalue weighted by Crippen LogP contribution is -2.50. The normalized spacial score (nSPS) is 21.2. The first kappa shape index (κ1) is 19.0. The predicted octanol–water partition coefficient (Wildman–Crippen LogP) is 2.35. The van der Waals surface area contributed by atoms with Crippen LogP contribution in [0, 0.1) is 0 Å². The molecule has 7 nitrogen and oxygen atoms in total. The summed E-state index contributed by atoms with van der Waals surface area (Å²) in [6.07, 6.45) is 3.44. The van der Waals surface area contributed by atoms with Crippen LogP contribution in [0.1, 0.15) is 11.1 Å². The van der Waals surface area contributed by atoms with Crippen molar-refractivity contribution in [3.8, 4) is 5.75 Å². The molecule has 1 atom stereocenters. The molecule has 0 radical (unpaired) electrons. The molecule has 2 aromatic carbocycles. The molecule has 0 spiro atoms. The van der Waals surface area contributed by atoms with E-state index in [0.29, 0.717) is 50.1 Å². The summed E-state index contributed by atoms with van der Waals surface area (Å²) in [6, 6.07) is 16.9. The Hall–Kier alpha value is -3.32. The van der Waals surface area contributed by atoms with Gasteiger partial charge < -0.3 is 24.8 Å². The molecule has 0 aliphatic carbocycles. The van der Waals surface area contributed by atoms with Crippen molar-refractivity contribution in [3.63, 3.8) is 0 Å². The van der Waals surface area contributed by atoms with Crippen LogP contribution >= 0.6 is 0 Å². The summed E-state index contributed by atoms with van der Waals surface area (Å²) in [5, 5.41) is 13.0. The number of hydrogen-bond donors (Lipinski definition) is 2. The molecule has 0 saturated carbocycles. The molecule has 2 aliphatic rings. The fourth-order valence-electron chi connectivity index (χ4n) is 3.38. The molecule has 1 fully saturated rings. The number of benzene rings is 2. The molecule has 1 saturated heterocycles. The van der Waals surface area contributed by atoms with Crippen molar-refractivity contribution in [1.82, 2.24) is 10.2 Å². The van der Waals surface area contributed by atoms with Crippen molar-refractivity contribution in [2.24, 2.45) is 4.99 Å². The van der Waals surface area contributed by atoms with Crippen molar-refractivity contribution in [1.29, 1.82) is 0 Å².